The van der Waals surface area contributed by atoms with Crippen molar-refractivity contribution in [2.75, 3.05) is 0 Å². The lowest BCUT2D eigenvalue weighted by molar-refractivity contribution is 0.625. The number of hydrogen-bond acceptors (Lipinski definition) is 3. The van der Waals surface area contributed by atoms with E-state index in [1.807, 2.05) is 0 Å². The van der Waals surface area contributed by atoms with Crippen LogP contribution in [0.5, 0.6) is 0 Å². The van der Waals surface area contributed by atoms with Gasteiger partial charge >= 0.3 is 0 Å². The maximum absolute atomic E-state index is 13.6. The van der Waals surface area contributed by atoms with Crippen LogP contribution in [-0.4, -0.2) is 21.1 Å². The van der Waals surface area contributed by atoms with Gasteiger partial charge in [-0.15, -0.1) is 0 Å². The molecule has 1 aromatic heterocycles. The topological polar surface area (TPSA) is 46.0 Å². The van der Waals surface area contributed by atoms with Gasteiger partial charge in [-0.25, -0.2) is 4.39 Å². The average Bonchev–Trinajstić information content (AvgIpc) is 2.77. The van der Waals surface area contributed by atoms with Gasteiger partial charge in [0.1, 0.15) is 5.82 Å². The molecule has 1 heterocycles. The normalized spacial score (nSPS) is 11.3. The van der Waals surface area contributed by atoms with Crippen molar-refractivity contribution in [3.63, 3.8) is 0 Å². The third-order valence-corrected chi connectivity index (χ3v) is 3.37. The molecular weight excluding hydrogens is 299 g/mol. The molecule has 4 nitrogen and oxygen atoms in total. The molecule has 0 unspecified atom stereocenters. The van der Waals surface area contributed by atoms with Gasteiger partial charge in [0.2, 0.25) is 4.77 Å². The summed E-state index contributed by atoms with van der Waals surface area (Å²) in [6.07, 6.45) is 4.14. The summed E-state index contributed by atoms with van der Waals surface area (Å²) in [4.78, 5) is 0. The van der Waals surface area contributed by atoms with E-state index in [1.54, 1.807) is 12.1 Å². The third-order valence-electron chi connectivity index (χ3n) is 2.77. The molecule has 0 bridgehead atoms. The molecule has 20 heavy (non-hydrogen) atoms. The lowest BCUT2D eigenvalue weighted by Crippen LogP contribution is -2.00. The summed E-state index contributed by atoms with van der Waals surface area (Å²) in [6.45, 7) is 2.09. The van der Waals surface area contributed by atoms with Crippen molar-refractivity contribution in [1.82, 2.24) is 14.9 Å². The second-order valence-electron chi connectivity index (χ2n) is 4.24. The minimum absolute atomic E-state index is 0.235. The van der Waals surface area contributed by atoms with E-state index >= 15 is 0 Å². The van der Waals surface area contributed by atoms with Crippen molar-refractivity contribution in [2.24, 2.45) is 5.10 Å². The molecule has 0 saturated carbocycles. The van der Waals surface area contributed by atoms with Crippen LogP contribution in [-0.2, 0) is 6.42 Å². The van der Waals surface area contributed by atoms with Crippen molar-refractivity contribution in [1.29, 1.82) is 0 Å². The van der Waals surface area contributed by atoms with E-state index in [1.165, 1.54) is 17.0 Å². The van der Waals surface area contributed by atoms with Crippen molar-refractivity contribution in [3.05, 3.63) is 45.2 Å². The molecule has 2 aromatic rings. The zero-order valence-corrected chi connectivity index (χ0v) is 12.5. The summed E-state index contributed by atoms with van der Waals surface area (Å²) in [5.41, 5.74) is 0.235. The van der Waals surface area contributed by atoms with Gasteiger partial charge in [-0.3, -0.25) is 5.10 Å². The van der Waals surface area contributed by atoms with Crippen LogP contribution in [0.3, 0.4) is 0 Å². The van der Waals surface area contributed by atoms with Crippen LogP contribution in [0.25, 0.3) is 0 Å². The van der Waals surface area contributed by atoms with Crippen LogP contribution >= 0.6 is 23.8 Å². The molecule has 7 heteroatoms. The van der Waals surface area contributed by atoms with Gasteiger partial charge in [-0.05, 0) is 30.8 Å². The maximum atomic E-state index is 13.6. The number of aromatic nitrogens is 3. The molecule has 106 valence electrons. The lowest BCUT2D eigenvalue weighted by Gasteiger charge is -2.01. The molecular formula is C13H14ClFN4S. The second kappa shape index (κ2) is 6.76. The van der Waals surface area contributed by atoms with Gasteiger partial charge in [0.15, 0.2) is 5.82 Å². The molecule has 0 aliphatic rings. The number of nitrogens with one attached hydrogen (secondary N) is 1. The minimum atomic E-state index is -0.425. The Balaban J connectivity index is 2.32. The highest BCUT2D eigenvalue weighted by Gasteiger charge is 2.06. The monoisotopic (exact) mass is 312 g/mol. The fraction of sp³-hybridized carbons (Fsp3) is 0.308. The molecule has 0 fully saturated rings. The Morgan fingerprint density at radius 2 is 2.35 bits per heavy atom. The average molecular weight is 313 g/mol. The number of aryl methyl sites for hydroxylation is 1. The maximum Gasteiger partial charge on any atom is 0.216 e. The first-order chi connectivity index (χ1) is 9.63. The van der Waals surface area contributed by atoms with Crippen LogP contribution in [0.1, 0.15) is 31.2 Å². The van der Waals surface area contributed by atoms with E-state index in [4.69, 9.17) is 23.8 Å². The van der Waals surface area contributed by atoms with E-state index < -0.39 is 5.82 Å². The molecule has 0 aliphatic heterocycles. The zero-order valence-electron chi connectivity index (χ0n) is 10.9. The van der Waals surface area contributed by atoms with Crippen molar-refractivity contribution in [2.45, 2.75) is 26.2 Å². The summed E-state index contributed by atoms with van der Waals surface area (Å²) in [5.74, 6) is 0.298. The van der Waals surface area contributed by atoms with Crippen LogP contribution in [0.2, 0.25) is 5.02 Å². The van der Waals surface area contributed by atoms with Gasteiger partial charge in [-0.1, -0.05) is 31.0 Å². The molecule has 0 spiro atoms. The smallest absolute Gasteiger partial charge is 0.216 e. The Kier molecular flexibility index (Phi) is 5.03. The van der Waals surface area contributed by atoms with E-state index in [2.05, 4.69) is 22.2 Å². The molecule has 1 aromatic carbocycles. The molecule has 0 radical (unpaired) electrons. The fourth-order valence-corrected chi connectivity index (χ4v) is 2.10. The quantitative estimate of drug-likeness (QED) is 0.671. The second-order valence-corrected chi connectivity index (χ2v) is 5.03. The molecule has 0 saturated heterocycles. The van der Waals surface area contributed by atoms with Crippen LogP contribution in [0.4, 0.5) is 4.39 Å². The van der Waals surface area contributed by atoms with Crippen LogP contribution in [0.15, 0.2) is 23.3 Å². The third kappa shape index (κ3) is 3.32. The van der Waals surface area contributed by atoms with Gasteiger partial charge in [0.25, 0.3) is 0 Å². The first-order valence-electron chi connectivity index (χ1n) is 6.28. The molecule has 0 aliphatic carbocycles. The van der Waals surface area contributed by atoms with Crippen LogP contribution < -0.4 is 0 Å². The Hall–Kier alpha value is -1.53. The van der Waals surface area contributed by atoms with Gasteiger partial charge in [0, 0.05) is 12.0 Å². The Bertz CT molecular complexity index is 657. The fourth-order valence-electron chi connectivity index (χ4n) is 1.69. The van der Waals surface area contributed by atoms with E-state index in [-0.39, 0.29) is 5.56 Å². The number of aromatic amines is 1. The van der Waals surface area contributed by atoms with Gasteiger partial charge in [0.05, 0.1) is 11.2 Å². The summed E-state index contributed by atoms with van der Waals surface area (Å²) < 4.78 is 15.5. The number of benzene rings is 1. The number of rotatable bonds is 5. The highest BCUT2D eigenvalue weighted by atomic mass is 35.5. The summed E-state index contributed by atoms with van der Waals surface area (Å²) >= 11 is 11.1. The molecule has 2 rings (SSSR count). The van der Waals surface area contributed by atoms with Gasteiger partial charge in [-0.2, -0.15) is 14.9 Å². The standard InChI is InChI=1S/C13H14ClFN4S/c1-2-3-7-12-17-18-13(20)19(12)16-8-9-10(14)5-4-6-11(9)15/h4-6,8H,2-3,7H2,1H3,(H,18,20)/b16-8+. The SMILES string of the molecule is CCCCc1n[nH]c(=S)n1/N=C/c1c(F)cccc1Cl. The predicted octanol–water partition coefficient (Wildman–Crippen LogP) is 3.96. The number of nitrogens with zero attached hydrogens (tertiary/aromatic N) is 3. The number of unbranched alkanes of at least 4 members (excludes halogenated alkanes) is 1. The number of H-pyrrole nitrogens is 1. The summed E-state index contributed by atoms with van der Waals surface area (Å²) in [6, 6.07) is 4.49. The molecule has 0 atom stereocenters. The van der Waals surface area contributed by atoms with E-state index in [9.17, 15) is 4.39 Å². The van der Waals surface area contributed by atoms with E-state index in [0.29, 0.717) is 9.79 Å². The summed E-state index contributed by atoms with van der Waals surface area (Å²) in [5, 5.41) is 11.3. The number of halogens is 2. The predicted molar refractivity (Wildman–Crippen MR) is 80.4 cm³/mol. The highest BCUT2D eigenvalue weighted by Crippen LogP contribution is 2.17. The first kappa shape index (κ1) is 14.9. The van der Waals surface area contributed by atoms with Crippen LogP contribution in [0, 0.1) is 10.6 Å². The molecule has 0 amide bonds. The van der Waals surface area contributed by atoms with Crippen molar-refractivity contribution in [3.8, 4) is 0 Å². The summed E-state index contributed by atoms with van der Waals surface area (Å²) in [7, 11) is 0. The van der Waals surface area contributed by atoms with Gasteiger partial charge < -0.3 is 0 Å². The zero-order chi connectivity index (χ0) is 14.5. The molecule has 1 N–H and O–H groups in total. The van der Waals surface area contributed by atoms with Crippen molar-refractivity contribution >= 4 is 30.0 Å². The highest BCUT2D eigenvalue weighted by molar-refractivity contribution is 7.71. The lowest BCUT2D eigenvalue weighted by atomic mass is 10.2. The Morgan fingerprint density at radius 1 is 1.55 bits per heavy atom. The Morgan fingerprint density at radius 3 is 3.05 bits per heavy atom. The Labute approximate surface area is 126 Å². The minimum Gasteiger partial charge on any atom is -0.250 e. The van der Waals surface area contributed by atoms with E-state index in [0.717, 1.165) is 25.1 Å². The largest absolute Gasteiger partial charge is 0.250 e. The number of hydrogen-bond donors (Lipinski definition) is 1. The first-order valence-corrected chi connectivity index (χ1v) is 7.06. The van der Waals surface area contributed by atoms with Crippen molar-refractivity contribution < 1.29 is 4.39 Å².